The Bertz CT molecular complexity index is 1200. The fourth-order valence-electron chi connectivity index (χ4n) is 3.61. The molecule has 0 atom stereocenters. The molecule has 38 heavy (non-hydrogen) atoms. The molecule has 0 unspecified atom stereocenters. The molecule has 0 aliphatic heterocycles. The van der Waals surface area contributed by atoms with Crippen LogP contribution < -0.4 is 9.64 Å². The molecule has 1 aromatic carbocycles. The first-order chi connectivity index (χ1) is 18.2. The van der Waals surface area contributed by atoms with Gasteiger partial charge in [-0.15, -0.1) is 11.3 Å². The predicted molar refractivity (Wildman–Crippen MR) is 137 cm³/mol. The number of unbranched alkanes of at least 4 members (excludes halogenated alkanes) is 5. The van der Waals surface area contributed by atoms with Crippen molar-refractivity contribution < 1.29 is 32.6 Å². The molecule has 3 rings (SSSR count). The number of hydrogen-bond acceptors (Lipinski definition) is 6. The van der Waals surface area contributed by atoms with Crippen LogP contribution in [0.4, 0.5) is 24.0 Å². The number of aliphatic carboxylic acids is 1. The molecule has 11 heteroatoms. The van der Waals surface area contributed by atoms with Gasteiger partial charge in [-0.1, -0.05) is 39.0 Å². The van der Waals surface area contributed by atoms with E-state index in [0.717, 1.165) is 54.4 Å². The smallest absolute Gasteiger partial charge is 0.420 e. The van der Waals surface area contributed by atoms with Crippen LogP contribution in [0.25, 0.3) is 11.3 Å². The van der Waals surface area contributed by atoms with Crippen molar-refractivity contribution in [3.8, 4) is 17.0 Å². The van der Waals surface area contributed by atoms with Crippen LogP contribution in [0, 0.1) is 12.1 Å². The van der Waals surface area contributed by atoms with Crippen molar-refractivity contribution in [1.29, 1.82) is 0 Å². The van der Waals surface area contributed by atoms with Crippen molar-refractivity contribution >= 4 is 34.0 Å². The first kappa shape index (κ1) is 28.9. The topological polar surface area (TPSA) is 92.6 Å². The van der Waals surface area contributed by atoms with Gasteiger partial charge in [-0.25, -0.2) is 9.88 Å². The molecule has 0 aliphatic carbocycles. The van der Waals surface area contributed by atoms with E-state index in [-0.39, 0.29) is 17.4 Å². The van der Waals surface area contributed by atoms with Gasteiger partial charge in [-0.05, 0) is 36.8 Å². The minimum Gasteiger partial charge on any atom is -0.485 e. The molecule has 7 nitrogen and oxygen atoms in total. The van der Waals surface area contributed by atoms with Gasteiger partial charge in [0.05, 0.1) is 18.7 Å². The number of alkyl halides is 3. The summed E-state index contributed by atoms with van der Waals surface area (Å²) < 4.78 is 47.3. The normalized spacial score (nSPS) is 11.2. The van der Waals surface area contributed by atoms with E-state index in [9.17, 15) is 22.8 Å². The molecule has 2 aromatic heterocycles. The van der Waals surface area contributed by atoms with Crippen molar-refractivity contribution in [2.24, 2.45) is 0 Å². The lowest BCUT2D eigenvalue weighted by Gasteiger charge is -2.20. The Hall–Kier alpha value is -3.65. The van der Waals surface area contributed by atoms with E-state index in [1.54, 1.807) is 29.9 Å². The van der Waals surface area contributed by atoms with Gasteiger partial charge >= 0.3 is 12.1 Å². The average molecular weight is 548 g/mol. The number of amides is 1. The number of anilines is 2. The maximum Gasteiger partial charge on any atom is 0.420 e. The van der Waals surface area contributed by atoms with E-state index in [1.165, 1.54) is 0 Å². The van der Waals surface area contributed by atoms with Crippen LogP contribution in [-0.2, 0) is 15.8 Å². The maximum atomic E-state index is 14.0. The van der Waals surface area contributed by atoms with E-state index in [0.29, 0.717) is 17.7 Å². The third-order valence-electron chi connectivity index (χ3n) is 5.56. The average Bonchev–Trinajstić information content (AvgIpc) is 3.37. The van der Waals surface area contributed by atoms with Gasteiger partial charge in [0.25, 0.3) is 0 Å². The predicted octanol–water partition coefficient (Wildman–Crippen LogP) is 7.09. The number of carbonyl (C=O) groups excluding carboxylic acids is 1. The van der Waals surface area contributed by atoms with Crippen LogP contribution in [-0.4, -0.2) is 33.6 Å². The molecule has 2 heterocycles. The third kappa shape index (κ3) is 8.18. The monoisotopic (exact) mass is 547 g/mol. The molecular formula is C27H28F3N3O4S. The zero-order valence-electron chi connectivity index (χ0n) is 20.9. The number of hydrogen-bond donors (Lipinski definition) is 1. The Morgan fingerprint density at radius 1 is 1.13 bits per heavy atom. The van der Waals surface area contributed by atoms with Crippen LogP contribution in [0.2, 0.25) is 0 Å². The Balaban J connectivity index is 1.89. The minimum absolute atomic E-state index is 0.0674. The highest BCUT2D eigenvalue weighted by Gasteiger charge is 2.36. The summed E-state index contributed by atoms with van der Waals surface area (Å²) in [6, 6.07) is 9.23. The van der Waals surface area contributed by atoms with E-state index in [1.807, 2.05) is 0 Å². The lowest BCUT2D eigenvalue weighted by molar-refractivity contribution is -0.139. The van der Waals surface area contributed by atoms with Crippen LogP contribution >= 0.6 is 11.3 Å². The summed E-state index contributed by atoms with van der Waals surface area (Å²) in [6.45, 7) is 2.20. The molecule has 1 amide bonds. The second kappa shape index (κ2) is 13.8. The highest BCUT2D eigenvalue weighted by atomic mass is 32.1. The van der Waals surface area contributed by atoms with E-state index in [2.05, 4.69) is 29.0 Å². The van der Waals surface area contributed by atoms with E-state index < -0.39 is 42.2 Å². The van der Waals surface area contributed by atoms with Crippen molar-refractivity contribution in [2.45, 2.75) is 64.5 Å². The Morgan fingerprint density at radius 2 is 1.89 bits per heavy atom. The van der Waals surface area contributed by atoms with Gasteiger partial charge in [-0.2, -0.15) is 13.2 Å². The first-order valence-corrected chi connectivity index (χ1v) is 13.2. The molecular weight excluding hydrogens is 519 g/mol. The van der Waals surface area contributed by atoms with Crippen LogP contribution in [0.3, 0.4) is 0 Å². The summed E-state index contributed by atoms with van der Waals surface area (Å²) >= 11 is 1.02. The van der Waals surface area contributed by atoms with Crippen molar-refractivity contribution in [1.82, 2.24) is 9.97 Å². The summed E-state index contributed by atoms with van der Waals surface area (Å²) in [7, 11) is 0. The number of rotatable bonds is 14. The summed E-state index contributed by atoms with van der Waals surface area (Å²) in [6.07, 6.45) is 3.16. The van der Waals surface area contributed by atoms with E-state index >= 15 is 0 Å². The zero-order chi connectivity index (χ0) is 27.5. The van der Waals surface area contributed by atoms with Crippen LogP contribution in [0.5, 0.6) is 5.75 Å². The third-order valence-corrected chi connectivity index (χ3v) is 6.39. The Labute approximate surface area is 223 Å². The van der Waals surface area contributed by atoms with Gasteiger partial charge in [-0.3, -0.25) is 14.6 Å². The summed E-state index contributed by atoms with van der Waals surface area (Å²) in [5.74, 6) is -2.45. The molecule has 0 fully saturated rings. The van der Waals surface area contributed by atoms with Crippen molar-refractivity contribution in [3.63, 3.8) is 0 Å². The van der Waals surface area contributed by atoms with Crippen LogP contribution in [0.15, 0.2) is 36.0 Å². The molecule has 0 spiro atoms. The lowest BCUT2D eigenvalue weighted by Crippen LogP contribution is -2.26. The minimum atomic E-state index is -4.78. The number of thiazole rings is 1. The maximum absolute atomic E-state index is 14.0. The lowest BCUT2D eigenvalue weighted by atomic mass is 10.1. The molecule has 0 bridgehead atoms. The summed E-state index contributed by atoms with van der Waals surface area (Å²) in [5, 5.41) is 10.7. The fraction of sp³-hybridized carbons (Fsp3) is 0.407. The largest absolute Gasteiger partial charge is 0.485 e. The molecule has 0 saturated carbocycles. The summed E-state index contributed by atoms with van der Waals surface area (Å²) in [5.41, 5.74) is -0.241. The number of pyridine rings is 1. The fourth-order valence-corrected chi connectivity index (χ4v) is 4.47. The van der Waals surface area contributed by atoms with Crippen LogP contribution in [0.1, 0.15) is 63.9 Å². The molecule has 1 N–H and O–H groups in total. The number of aromatic nitrogens is 2. The van der Waals surface area contributed by atoms with Crippen molar-refractivity contribution in [3.05, 3.63) is 53.7 Å². The highest BCUT2D eigenvalue weighted by Crippen LogP contribution is 2.39. The number of ether oxygens (including phenoxy) is 1. The second-order valence-corrected chi connectivity index (χ2v) is 9.35. The van der Waals surface area contributed by atoms with Gasteiger partial charge in [0.2, 0.25) is 5.91 Å². The summed E-state index contributed by atoms with van der Waals surface area (Å²) in [4.78, 5) is 33.4. The van der Waals surface area contributed by atoms with Gasteiger partial charge in [0.1, 0.15) is 11.3 Å². The van der Waals surface area contributed by atoms with Gasteiger partial charge in [0, 0.05) is 29.8 Å². The quantitative estimate of drug-likeness (QED) is 0.217. The molecule has 0 saturated heterocycles. The molecule has 3 aromatic rings. The number of carboxylic acids is 1. The Kier molecular flexibility index (Phi) is 10.5. The zero-order valence-corrected chi connectivity index (χ0v) is 21.7. The number of halogens is 3. The molecule has 0 aliphatic rings. The number of nitrogens with zero attached hydrogens (tertiary/aromatic N) is 3. The molecule has 202 valence electrons. The second-order valence-electron chi connectivity index (χ2n) is 8.52. The SMILES string of the molecule is CCCCCCCCOc1c#cc(N(C(=O)CCC(=O)O)c2nc(-c3cccnc3)cs2)cc1C(F)(F)F. The molecule has 0 radical (unpaired) electrons. The van der Waals surface area contributed by atoms with Crippen molar-refractivity contribution in [2.75, 3.05) is 11.5 Å². The number of carbonyl (C=O) groups is 2. The standard InChI is InChI=1S/C27H28F3N3O4S/c1-2-3-4-5-6-7-15-37-23-11-10-20(16-21(23)27(28,29)30)33(24(34)12-13-25(35)36)26-32-22(18-38-26)19-9-8-14-31-17-19/h8-9,14,16-18H,2-7,12-13,15H2,1H3,(H,35,36). The van der Waals surface area contributed by atoms with E-state index in [4.69, 9.17) is 9.84 Å². The first-order valence-electron chi connectivity index (χ1n) is 12.3. The Morgan fingerprint density at radius 3 is 2.58 bits per heavy atom. The highest BCUT2D eigenvalue weighted by molar-refractivity contribution is 7.14. The van der Waals surface area contributed by atoms with Gasteiger partial charge in [0.15, 0.2) is 10.9 Å². The number of carboxylic acid groups (broad SMARTS) is 1. The van der Waals surface area contributed by atoms with Gasteiger partial charge < -0.3 is 9.84 Å².